The smallest absolute Gasteiger partial charge is 0.390 e. The van der Waals surface area contributed by atoms with Gasteiger partial charge in [0.15, 0.2) is 0 Å². The van der Waals surface area contributed by atoms with E-state index in [0.29, 0.717) is 30.0 Å². The number of rotatable bonds is 11. The molecule has 6 nitrogen and oxygen atoms in total. The second-order valence-corrected chi connectivity index (χ2v) is 12.4. The number of aliphatic hydroxyl groups is 1. The molecule has 0 radical (unpaired) electrons. The van der Waals surface area contributed by atoms with E-state index in [1.807, 2.05) is 47.4 Å². The minimum atomic E-state index is -4.43. The van der Waals surface area contributed by atoms with Crippen molar-refractivity contribution in [2.24, 2.45) is 0 Å². The van der Waals surface area contributed by atoms with Crippen molar-refractivity contribution in [1.82, 2.24) is 15.5 Å². The molecule has 240 valence electrons. The molecule has 1 heterocycles. The summed E-state index contributed by atoms with van der Waals surface area (Å²) in [7, 11) is 0. The summed E-state index contributed by atoms with van der Waals surface area (Å²) in [6, 6.07) is 19.9. The molecule has 0 unspecified atom stereocenters. The third-order valence-corrected chi connectivity index (χ3v) is 9.12. The van der Waals surface area contributed by atoms with Crippen LogP contribution in [0.4, 0.5) is 13.2 Å². The molecule has 3 atom stereocenters. The number of hydrogen-bond donors (Lipinski definition) is 3. The van der Waals surface area contributed by atoms with E-state index in [-0.39, 0.29) is 30.9 Å². The number of carbonyl (C=O) groups excluding carboxylic acids is 2. The Morgan fingerprint density at radius 2 is 1.62 bits per heavy atom. The van der Waals surface area contributed by atoms with E-state index in [1.54, 1.807) is 13.0 Å². The number of hydrogen-bond acceptors (Lipinski definition) is 4. The van der Waals surface area contributed by atoms with Crippen molar-refractivity contribution in [3.05, 3.63) is 106 Å². The predicted octanol–water partition coefficient (Wildman–Crippen LogP) is 6.54. The molecular weight excluding hydrogens is 579 g/mol. The molecule has 5 rings (SSSR count). The third-order valence-electron chi connectivity index (χ3n) is 9.12. The molecule has 2 amide bonds. The Morgan fingerprint density at radius 3 is 2.33 bits per heavy atom. The van der Waals surface area contributed by atoms with Gasteiger partial charge in [-0.05, 0) is 78.5 Å². The molecule has 1 aliphatic carbocycles. The van der Waals surface area contributed by atoms with Gasteiger partial charge in [0.1, 0.15) is 0 Å². The molecule has 3 aromatic carbocycles. The average molecular weight is 622 g/mol. The van der Waals surface area contributed by atoms with Crippen molar-refractivity contribution in [1.29, 1.82) is 0 Å². The van der Waals surface area contributed by atoms with Crippen LogP contribution in [0.5, 0.6) is 0 Å². The number of amides is 2. The summed E-state index contributed by atoms with van der Waals surface area (Å²) in [6.45, 7) is 2.49. The summed E-state index contributed by atoms with van der Waals surface area (Å²) in [4.78, 5) is 28.2. The van der Waals surface area contributed by atoms with Crippen molar-refractivity contribution >= 4 is 11.8 Å². The van der Waals surface area contributed by atoms with Gasteiger partial charge < -0.3 is 20.6 Å². The number of benzene rings is 3. The minimum absolute atomic E-state index is 0.0263. The molecule has 9 heteroatoms. The number of nitrogens with zero attached hydrogens (tertiary/aromatic N) is 1. The number of nitrogens with one attached hydrogen (secondary N) is 2. The fraction of sp³-hybridized carbons (Fsp3) is 0.444. The van der Waals surface area contributed by atoms with Crippen molar-refractivity contribution in [3.63, 3.8) is 0 Å². The van der Waals surface area contributed by atoms with Gasteiger partial charge in [-0.2, -0.15) is 13.2 Å². The monoisotopic (exact) mass is 621 g/mol. The Labute approximate surface area is 263 Å². The topological polar surface area (TPSA) is 81.7 Å². The highest BCUT2D eigenvalue weighted by atomic mass is 19.4. The van der Waals surface area contributed by atoms with Gasteiger partial charge in [-0.1, -0.05) is 67.4 Å². The van der Waals surface area contributed by atoms with Crippen molar-refractivity contribution in [3.8, 4) is 0 Å². The number of alkyl halides is 3. The van der Waals surface area contributed by atoms with Gasteiger partial charge in [0.05, 0.1) is 23.8 Å². The summed E-state index contributed by atoms with van der Waals surface area (Å²) in [5.41, 5.74) is 3.26. The second kappa shape index (κ2) is 14.6. The first-order valence-electron chi connectivity index (χ1n) is 15.9. The molecule has 1 saturated heterocycles. The van der Waals surface area contributed by atoms with E-state index >= 15 is 0 Å². The highest BCUT2D eigenvalue weighted by molar-refractivity contribution is 5.95. The van der Waals surface area contributed by atoms with Crippen molar-refractivity contribution < 1.29 is 27.9 Å². The van der Waals surface area contributed by atoms with Gasteiger partial charge >= 0.3 is 6.18 Å². The number of aliphatic hydroxyl groups excluding tert-OH is 1. The van der Waals surface area contributed by atoms with Crippen molar-refractivity contribution in [2.45, 2.75) is 88.7 Å². The van der Waals surface area contributed by atoms with Crippen LogP contribution < -0.4 is 10.6 Å². The maximum Gasteiger partial charge on any atom is 0.416 e. The Hall–Kier alpha value is -3.69. The van der Waals surface area contributed by atoms with Gasteiger partial charge in [-0.15, -0.1) is 0 Å². The van der Waals surface area contributed by atoms with E-state index < -0.39 is 23.9 Å². The zero-order chi connectivity index (χ0) is 32.0. The number of carbonyl (C=O) groups is 2. The van der Waals surface area contributed by atoms with E-state index in [4.69, 9.17) is 0 Å². The predicted molar refractivity (Wildman–Crippen MR) is 168 cm³/mol. The SMILES string of the molecule is CC(=O)N1CCC[C@@H]1c1cc(C(=O)N[C@@H](Cc2ccccc2)[C@H](O)CNCc2cccc(C(F)(F)F)c2)cc(C2CCCC2)c1. The first-order chi connectivity index (χ1) is 21.6. The standard InChI is InChI=1S/C36H42F3N3O3/c1-24(43)42-16-8-15-33(42)29-19-28(27-12-5-6-13-27)20-30(21-29)35(45)41-32(18-25-9-3-2-4-10-25)34(44)23-40-22-26-11-7-14-31(17-26)36(37,38)39/h2-4,7,9-11,14,17,19-21,27,32-34,40,44H,5-6,8,12-13,15-16,18,22-23H2,1H3,(H,41,45)/t32-,33+,34+/m0/s1. The van der Waals surface area contributed by atoms with Gasteiger partial charge in [0.25, 0.3) is 5.91 Å². The summed E-state index contributed by atoms with van der Waals surface area (Å²) >= 11 is 0. The Kier molecular flexibility index (Phi) is 10.6. The van der Waals surface area contributed by atoms with E-state index in [1.165, 1.54) is 6.07 Å². The van der Waals surface area contributed by atoms with Crippen LogP contribution in [0.15, 0.2) is 72.8 Å². The van der Waals surface area contributed by atoms with Crippen LogP contribution in [-0.4, -0.2) is 47.1 Å². The summed E-state index contributed by atoms with van der Waals surface area (Å²) in [5.74, 6) is 0.0919. The first kappa shape index (κ1) is 32.7. The molecule has 0 bridgehead atoms. The molecule has 0 spiro atoms. The molecule has 3 aromatic rings. The lowest BCUT2D eigenvalue weighted by Crippen LogP contribution is -2.48. The fourth-order valence-electron chi connectivity index (χ4n) is 6.75. The van der Waals surface area contributed by atoms with E-state index in [0.717, 1.165) is 67.3 Å². The number of halogens is 3. The molecule has 2 aliphatic rings. The fourth-order valence-corrected chi connectivity index (χ4v) is 6.75. The second-order valence-electron chi connectivity index (χ2n) is 12.4. The normalized spacial score (nSPS) is 18.6. The first-order valence-corrected chi connectivity index (χ1v) is 15.9. The lowest BCUT2D eigenvalue weighted by molar-refractivity contribution is -0.137. The maximum absolute atomic E-state index is 13.9. The summed E-state index contributed by atoms with van der Waals surface area (Å²) < 4.78 is 39.5. The van der Waals surface area contributed by atoms with Crippen LogP contribution in [0.2, 0.25) is 0 Å². The van der Waals surface area contributed by atoms with E-state index in [2.05, 4.69) is 16.7 Å². The molecule has 1 saturated carbocycles. The zero-order valence-corrected chi connectivity index (χ0v) is 25.7. The van der Waals surface area contributed by atoms with Crippen LogP contribution in [0.3, 0.4) is 0 Å². The molecular formula is C36H42F3N3O3. The van der Waals surface area contributed by atoms with Crippen LogP contribution in [0.25, 0.3) is 0 Å². The molecule has 45 heavy (non-hydrogen) atoms. The maximum atomic E-state index is 13.9. The van der Waals surface area contributed by atoms with Crippen LogP contribution in [-0.2, 0) is 23.9 Å². The van der Waals surface area contributed by atoms with Crippen molar-refractivity contribution in [2.75, 3.05) is 13.1 Å². The third kappa shape index (κ3) is 8.52. The van der Waals surface area contributed by atoms with Crippen LogP contribution in [0.1, 0.15) is 95.6 Å². The van der Waals surface area contributed by atoms with Gasteiger partial charge in [0, 0.05) is 32.1 Å². The quantitative estimate of drug-likeness (QED) is 0.227. The Morgan fingerprint density at radius 1 is 0.911 bits per heavy atom. The van der Waals surface area contributed by atoms with Gasteiger partial charge in [-0.3, -0.25) is 9.59 Å². The molecule has 0 aromatic heterocycles. The summed E-state index contributed by atoms with van der Waals surface area (Å²) in [5, 5.41) is 17.4. The van der Waals surface area contributed by atoms with E-state index in [9.17, 15) is 27.9 Å². The largest absolute Gasteiger partial charge is 0.416 e. The lowest BCUT2D eigenvalue weighted by atomic mass is 9.90. The Bertz CT molecular complexity index is 1460. The zero-order valence-electron chi connectivity index (χ0n) is 25.7. The molecule has 3 N–H and O–H groups in total. The highest BCUT2D eigenvalue weighted by Gasteiger charge is 2.32. The summed E-state index contributed by atoms with van der Waals surface area (Å²) in [6.07, 6.45) is 1.13. The highest BCUT2D eigenvalue weighted by Crippen LogP contribution is 2.38. The van der Waals surface area contributed by atoms with Gasteiger partial charge in [-0.25, -0.2) is 0 Å². The molecule has 1 aliphatic heterocycles. The average Bonchev–Trinajstić information content (AvgIpc) is 3.74. The molecule has 2 fully saturated rings. The van der Waals surface area contributed by atoms with Gasteiger partial charge in [0.2, 0.25) is 5.91 Å². The van der Waals surface area contributed by atoms with Crippen LogP contribution >= 0.6 is 0 Å². The van der Waals surface area contributed by atoms with Crippen LogP contribution in [0, 0.1) is 0 Å². The Balaban J connectivity index is 1.34. The minimum Gasteiger partial charge on any atom is -0.390 e. The lowest BCUT2D eigenvalue weighted by Gasteiger charge is -2.27. The number of likely N-dealkylation sites (tertiary alicyclic amines) is 1.